The lowest BCUT2D eigenvalue weighted by Gasteiger charge is -2.05. The molecule has 2 aromatic heterocycles. The summed E-state index contributed by atoms with van der Waals surface area (Å²) >= 11 is 0. The number of nitrogens with zero attached hydrogens (tertiary/aromatic N) is 2. The number of pyridine rings is 1. The van der Waals surface area contributed by atoms with Crippen LogP contribution in [-0.2, 0) is 9.84 Å². The summed E-state index contributed by atoms with van der Waals surface area (Å²) in [4.78, 5) is 29.0. The van der Waals surface area contributed by atoms with Crippen molar-refractivity contribution in [3.05, 3.63) is 63.3 Å². The van der Waals surface area contributed by atoms with Gasteiger partial charge in [0.05, 0.1) is 10.3 Å². The van der Waals surface area contributed by atoms with Crippen LogP contribution >= 0.6 is 0 Å². The molecular weight excluding hydrogens is 310 g/mol. The van der Waals surface area contributed by atoms with Crippen LogP contribution in [-0.4, -0.2) is 28.3 Å². The molecule has 0 amide bonds. The van der Waals surface area contributed by atoms with Gasteiger partial charge in [0.2, 0.25) is 9.84 Å². The first-order valence-corrected chi connectivity index (χ1v) is 7.55. The molecule has 0 bridgehead atoms. The van der Waals surface area contributed by atoms with Gasteiger partial charge < -0.3 is 5.21 Å². The number of hydrogen-bond acceptors (Lipinski definition) is 6. The third-order valence-corrected chi connectivity index (χ3v) is 4.71. The van der Waals surface area contributed by atoms with Crippen LogP contribution in [0.1, 0.15) is 0 Å². The summed E-state index contributed by atoms with van der Waals surface area (Å²) in [6.45, 7) is 0. The van der Waals surface area contributed by atoms with Gasteiger partial charge in [0.1, 0.15) is 5.65 Å². The maximum atomic E-state index is 12.4. The third-order valence-electron chi connectivity index (χ3n) is 3.04. The highest BCUT2D eigenvalue weighted by atomic mass is 32.2. The average molecular weight is 319 g/mol. The number of hydrogen-bond donors (Lipinski definition) is 2. The average Bonchev–Trinajstić information content (AvgIpc) is 2.53. The summed E-state index contributed by atoms with van der Waals surface area (Å²) in [6, 6.07) is 9.97. The fourth-order valence-electron chi connectivity index (χ4n) is 1.94. The molecule has 0 saturated heterocycles. The Kier molecular flexibility index (Phi) is 3.06. The number of H-pyrrole nitrogens is 1. The van der Waals surface area contributed by atoms with E-state index in [0.29, 0.717) is 0 Å². The molecule has 0 atom stereocenters. The number of sulfone groups is 1. The highest BCUT2D eigenvalue weighted by molar-refractivity contribution is 7.91. The van der Waals surface area contributed by atoms with Crippen LogP contribution in [0, 0.1) is 0 Å². The second-order valence-corrected chi connectivity index (χ2v) is 6.31. The van der Waals surface area contributed by atoms with Crippen molar-refractivity contribution in [3.63, 3.8) is 0 Å². The molecule has 0 fully saturated rings. The Hall–Kier alpha value is -2.94. The predicted molar refractivity (Wildman–Crippen MR) is 75.7 cm³/mol. The number of rotatable bonds is 2. The predicted octanol–water partition coefficient (Wildman–Crippen LogP) is 0.155. The van der Waals surface area contributed by atoms with E-state index in [1.165, 1.54) is 18.2 Å². The van der Waals surface area contributed by atoms with Crippen molar-refractivity contribution in [1.29, 1.82) is 0 Å². The lowest BCUT2D eigenvalue weighted by atomic mass is 10.3. The van der Waals surface area contributed by atoms with Gasteiger partial charge in [0.25, 0.3) is 5.56 Å². The van der Waals surface area contributed by atoms with Crippen LogP contribution < -0.4 is 11.2 Å². The third kappa shape index (κ3) is 2.07. The summed E-state index contributed by atoms with van der Waals surface area (Å²) in [5.74, 6) is 0. The molecule has 3 aromatic rings. The lowest BCUT2D eigenvalue weighted by molar-refractivity contribution is 0.162. The summed E-state index contributed by atoms with van der Waals surface area (Å²) < 4.78 is 24.8. The van der Waals surface area contributed by atoms with Crippen molar-refractivity contribution in [3.8, 4) is 0 Å². The number of nitrogens with one attached hydrogen (secondary N) is 1. The molecule has 0 radical (unpaired) electrons. The lowest BCUT2D eigenvalue weighted by Crippen LogP contribution is -2.33. The molecule has 0 aliphatic carbocycles. The zero-order valence-electron chi connectivity index (χ0n) is 10.9. The molecule has 1 aromatic carbocycles. The molecule has 0 spiro atoms. The SMILES string of the molecule is O=c1[nH]c2nc(S(=O)(=O)c3ccccc3)ccc2c(=O)n1O. The van der Waals surface area contributed by atoms with E-state index in [-0.39, 0.29) is 25.7 Å². The molecule has 22 heavy (non-hydrogen) atoms. The maximum absolute atomic E-state index is 12.4. The first-order valence-electron chi connectivity index (χ1n) is 6.07. The molecule has 0 saturated carbocycles. The van der Waals surface area contributed by atoms with Gasteiger partial charge in [-0.15, -0.1) is 0 Å². The van der Waals surface area contributed by atoms with E-state index in [1.54, 1.807) is 18.2 Å². The van der Waals surface area contributed by atoms with E-state index < -0.39 is 21.1 Å². The molecule has 2 N–H and O–H groups in total. The summed E-state index contributed by atoms with van der Waals surface area (Å²) in [5, 5.41) is 8.81. The smallest absolute Gasteiger partial charge is 0.363 e. The highest BCUT2D eigenvalue weighted by Crippen LogP contribution is 2.19. The summed E-state index contributed by atoms with van der Waals surface area (Å²) in [6.07, 6.45) is 0. The van der Waals surface area contributed by atoms with Crippen molar-refractivity contribution >= 4 is 20.9 Å². The van der Waals surface area contributed by atoms with Gasteiger partial charge >= 0.3 is 5.69 Å². The minimum atomic E-state index is -3.87. The first kappa shape index (κ1) is 14.0. The molecule has 0 aliphatic heterocycles. The normalized spacial score (nSPS) is 11.6. The molecule has 2 heterocycles. The molecule has 0 unspecified atom stereocenters. The van der Waals surface area contributed by atoms with E-state index in [4.69, 9.17) is 0 Å². The Morgan fingerprint density at radius 2 is 1.73 bits per heavy atom. The van der Waals surface area contributed by atoms with Crippen LogP contribution in [0.15, 0.2) is 62.0 Å². The van der Waals surface area contributed by atoms with E-state index in [0.717, 1.165) is 6.07 Å². The first-order chi connectivity index (χ1) is 10.4. The van der Waals surface area contributed by atoms with Crippen LogP contribution in [0.3, 0.4) is 0 Å². The number of aromatic nitrogens is 3. The van der Waals surface area contributed by atoms with E-state index in [2.05, 4.69) is 9.97 Å². The summed E-state index contributed by atoms with van der Waals surface area (Å²) in [5.41, 5.74) is -2.29. The van der Waals surface area contributed by atoms with E-state index in [1.807, 2.05) is 0 Å². The van der Waals surface area contributed by atoms with E-state index >= 15 is 0 Å². The van der Waals surface area contributed by atoms with Gasteiger partial charge in [0.15, 0.2) is 5.03 Å². The van der Waals surface area contributed by atoms with Gasteiger partial charge in [-0.1, -0.05) is 22.9 Å². The number of aromatic amines is 1. The topological polar surface area (TPSA) is 122 Å². The fraction of sp³-hybridized carbons (Fsp3) is 0. The largest absolute Gasteiger partial charge is 0.421 e. The molecular formula is C13H9N3O5S. The molecule has 8 nitrogen and oxygen atoms in total. The molecule has 3 rings (SSSR count). The van der Waals surface area contributed by atoms with Gasteiger partial charge in [-0.3, -0.25) is 9.78 Å². The zero-order chi connectivity index (χ0) is 15.9. The minimum Gasteiger partial charge on any atom is -0.421 e. The Bertz CT molecular complexity index is 1080. The Labute approximate surface area is 123 Å². The second kappa shape index (κ2) is 4.81. The van der Waals surface area contributed by atoms with Gasteiger partial charge in [-0.25, -0.2) is 18.2 Å². The second-order valence-electron chi connectivity index (χ2n) is 4.41. The van der Waals surface area contributed by atoms with Gasteiger partial charge in [-0.05, 0) is 24.3 Å². The van der Waals surface area contributed by atoms with Crippen LogP contribution in [0.4, 0.5) is 0 Å². The van der Waals surface area contributed by atoms with Crippen LogP contribution in [0.2, 0.25) is 0 Å². The quantitative estimate of drug-likeness (QED) is 0.649. The standard InChI is InChI=1S/C13H9N3O5S/c17-12-9-6-7-10(14-11(9)15-13(18)16(12)19)22(20,21)8-4-2-1-3-5-8/h1-7,19H,(H,14,15,18). The van der Waals surface area contributed by atoms with Gasteiger partial charge in [0, 0.05) is 0 Å². The summed E-state index contributed by atoms with van der Waals surface area (Å²) in [7, 11) is -3.87. The molecule has 112 valence electrons. The number of fused-ring (bicyclic) bond motifs is 1. The minimum absolute atomic E-state index is 0.0414. The fourth-order valence-corrected chi connectivity index (χ4v) is 3.16. The number of benzene rings is 1. The maximum Gasteiger partial charge on any atom is 0.363 e. The Morgan fingerprint density at radius 1 is 1.05 bits per heavy atom. The Morgan fingerprint density at radius 3 is 2.41 bits per heavy atom. The molecule has 0 aliphatic rings. The zero-order valence-corrected chi connectivity index (χ0v) is 11.7. The van der Waals surface area contributed by atoms with E-state index in [9.17, 15) is 23.2 Å². The van der Waals surface area contributed by atoms with Crippen molar-refractivity contribution < 1.29 is 13.6 Å². The van der Waals surface area contributed by atoms with Gasteiger partial charge in [-0.2, -0.15) is 0 Å². The highest BCUT2D eigenvalue weighted by Gasteiger charge is 2.20. The van der Waals surface area contributed by atoms with Crippen molar-refractivity contribution in [1.82, 2.24) is 14.7 Å². The Balaban J connectivity index is 2.28. The van der Waals surface area contributed by atoms with Crippen molar-refractivity contribution in [2.45, 2.75) is 9.92 Å². The van der Waals surface area contributed by atoms with Crippen molar-refractivity contribution in [2.24, 2.45) is 0 Å². The van der Waals surface area contributed by atoms with Crippen molar-refractivity contribution in [2.75, 3.05) is 0 Å². The van der Waals surface area contributed by atoms with Crippen LogP contribution in [0.5, 0.6) is 0 Å². The monoisotopic (exact) mass is 319 g/mol. The molecule has 9 heteroatoms. The van der Waals surface area contributed by atoms with Crippen LogP contribution in [0.25, 0.3) is 11.0 Å².